The molecule has 0 bridgehead atoms. The van der Waals surface area contributed by atoms with Gasteiger partial charge >= 0.3 is 0 Å². The minimum atomic E-state index is -3.39. The maximum Gasteiger partial charge on any atom is 0.243 e. The fourth-order valence-corrected chi connectivity index (χ4v) is 4.43. The zero-order chi connectivity index (χ0) is 14.7. The number of hydrogen-bond donors (Lipinski definition) is 3. The molecule has 6 nitrogen and oxygen atoms in total. The summed E-state index contributed by atoms with van der Waals surface area (Å²) in [6.07, 6.45) is 0. The lowest BCUT2D eigenvalue weighted by molar-refractivity contribution is 0.237. The molecule has 7 heteroatoms. The van der Waals surface area contributed by atoms with E-state index in [2.05, 4.69) is 16.0 Å². The van der Waals surface area contributed by atoms with E-state index in [-0.39, 0.29) is 12.1 Å². The smallest absolute Gasteiger partial charge is 0.243 e. The molecule has 3 rings (SSSR count). The van der Waals surface area contributed by atoms with E-state index in [1.54, 1.807) is 28.6 Å². The molecule has 2 unspecified atom stereocenters. The van der Waals surface area contributed by atoms with Crippen molar-refractivity contribution in [2.45, 2.75) is 17.0 Å². The lowest BCUT2D eigenvalue weighted by Gasteiger charge is -2.39. The van der Waals surface area contributed by atoms with E-state index in [1.807, 2.05) is 6.07 Å². The van der Waals surface area contributed by atoms with E-state index in [4.69, 9.17) is 0 Å². The Hall–Kier alpha value is -0.990. The Bertz CT molecular complexity index is 558. The molecule has 2 fully saturated rings. The third kappa shape index (κ3) is 3.27. The number of piperazine rings is 2. The van der Waals surface area contributed by atoms with E-state index in [0.717, 1.165) is 19.6 Å². The van der Waals surface area contributed by atoms with Gasteiger partial charge in [-0.15, -0.1) is 0 Å². The van der Waals surface area contributed by atoms with Crippen molar-refractivity contribution >= 4 is 10.0 Å². The minimum Gasteiger partial charge on any atom is -0.314 e. The van der Waals surface area contributed by atoms with Crippen LogP contribution in [0.4, 0.5) is 0 Å². The van der Waals surface area contributed by atoms with Crippen LogP contribution in [0.15, 0.2) is 35.2 Å². The molecule has 2 aliphatic rings. The fourth-order valence-electron chi connectivity index (χ4n) is 2.94. The SMILES string of the molecule is O=S(=O)(c1ccccc1)N1CCNC(C2CNCCN2)C1. The summed E-state index contributed by atoms with van der Waals surface area (Å²) < 4.78 is 27.0. The largest absolute Gasteiger partial charge is 0.314 e. The highest BCUT2D eigenvalue weighted by atomic mass is 32.2. The Labute approximate surface area is 126 Å². The molecule has 2 aliphatic heterocycles. The molecule has 0 aliphatic carbocycles. The number of sulfonamides is 1. The molecular formula is C14H22N4O2S. The number of rotatable bonds is 3. The van der Waals surface area contributed by atoms with Gasteiger partial charge in [0.1, 0.15) is 0 Å². The average molecular weight is 310 g/mol. The average Bonchev–Trinajstić information content (AvgIpc) is 2.57. The minimum absolute atomic E-state index is 0.144. The summed E-state index contributed by atoms with van der Waals surface area (Å²) in [5, 5.41) is 10.2. The maximum absolute atomic E-state index is 12.7. The zero-order valence-corrected chi connectivity index (χ0v) is 12.8. The number of benzene rings is 1. The topological polar surface area (TPSA) is 73.5 Å². The van der Waals surface area contributed by atoms with Crippen LogP contribution >= 0.6 is 0 Å². The number of nitrogens with zero attached hydrogens (tertiary/aromatic N) is 1. The molecule has 0 spiro atoms. The molecule has 0 radical (unpaired) electrons. The molecule has 0 aromatic heterocycles. The van der Waals surface area contributed by atoms with Crippen LogP contribution in [0.25, 0.3) is 0 Å². The van der Waals surface area contributed by atoms with Crippen molar-refractivity contribution in [2.75, 3.05) is 39.3 Å². The van der Waals surface area contributed by atoms with Gasteiger partial charge < -0.3 is 16.0 Å². The molecule has 0 saturated carbocycles. The van der Waals surface area contributed by atoms with Crippen LogP contribution in [0, 0.1) is 0 Å². The van der Waals surface area contributed by atoms with Crippen molar-refractivity contribution in [3.05, 3.63) is 30.3 Å². The Balaban J connectivity index is 1.73. The monoisotopic (exact) mass is 310 g/mol. The molecule has 2 heterocycles. The van der Waals surface area contributed by atoms with Gasteiger partial charge in [-0.25, -0.2) is 8.42 Å². The van der Waals surface area contributed by atoms with Crippen molar-refractivity contribution in [1.29, 1.82) is 0 Å². The highest BCUT2D eigenvalue weighted by molar-refractivity contribution is 7.89. The maximum atomic E-state index is 12.7. The molecule has 21 heavy (non-hydrogen) atoms. The van der Waals surface area contributed by atoms with Crippen LogP contribution in [-0.4, -0.2) is 64.1 Å². The van der Waals surface area contributed by atoms with Gasteiger partial charge in [-0.2, -0.15) is 4.31 Å². The summed E-state index contributed by atoms with van der Waals surface area (Å²) in [5.41, 5.74) is 0. The summed E-state index contributed by atoms with van der Waals surface area (Å²) in [6.45, 7) is 4.49. The van der Waals surface area contributed by atoms with Gasteiger partial charge in [0.15, 0.2) is 0 Å². The van der Waals surface area contributed by atoms with Gasteiger partial charge in [0.2, 0.25) is 10.0 Å². The molecule has 1 aromatic carbocycles. The van der Waals surface area contributed by atoms with Gasteiger partial charge in [0.05, 0.1) is 4.90 Å². The normalized spacial score (nSPS) is 28.4. The van der Waals surface area contributed by atoms with Crippen molar-refractivity contribution < 1.29 is 8.42 Å². The van der Waals surface area contributed by atoms with E-state index in [9.17, 15) is 8.42 Å². The van der Waals surface area contributed by atoms with Crippen molar-refractivity contribution in [1.82, 2.24) is 20.3 Å². The molecule has 1 aromatic rings. The highest BCUT2D eigenvalue weighted by Crippen LogP contribution is 2.17. The summed E-state index contributed by atoms with van der Waals surface area (Å²) in [4.78, 5) is 0.375. The Morgan fingerprint density at radius 3 is 2.48 bits per heavy atom. The quantitative estimate of drug-likeness (QED) is 0.682. The second-order valence-electron chi connectivity index (χ2n) is 5.50. The van der Waals surface area contributed by atoms with Crippen molar-refractivity contribution in [3.8, 4) is 0 Å². The first kappa shape index (κ1) is 14.9. The predicted molar refractivity (Wildman–Crippen MR) is 81.7 cm³/mol. The standard InChI is InChI=1S/C14H22N4O2S/c19-21(20,12-4-2-1-3-5-12)18-9-8-17-14(11-18)13-10-15-6-7-16-13/h1-5,13-17H,6-11H2. The highest BCUT2D eigenvalue weighted by Gasteiger charge is 2.33. The first-order chi connectivity index (χ1) is 10.2. The van der Waals surface area contributed by atoms with E-state index in [0.29, 0.717) is 24.5 Å². The van der Waals surface area contributed by atoms with Gasteiger partial charge in [0.25, 0.3) is 0 Å². The molecule has 3 N–H and O–H groups in total. The molecular weight excluding hydrogens is 288 g/mol. The van der Waals surface area contributed by atoms with Crippen LogP contribution in [0.1, 0.15) is 0 Å². The lowest BCUT2D eigenvalue weighted by atomic mass is 10.1. The van der Waals surface area contributed by atoms with Crippen LogP contribution in [-0.2, 0) is 10.0 Å². The first-order valence-electron chi connectivity index (χ1n) is 7.40. The summed E-state index contributed by atoms with van der Waals surface area (Å²) in [7, 11) is -3.39. The Kier molecular flexibility index (Phi) is 4.56. The van der Waals surface area contributed by atoms with Gasteiger partial charge in [-0.1, -0.05) is 18.2 Å². The number of nitrogens with one attached hydrogen (secondary N) is 3. The third-order valence-corrected chi connectivity index (χ3v) is 5.99. The van der Waals surface area contributed by atoms with E-state index < -0.39 is 10.0 Å². The van der Waals surface area contributed by atoms with Gasteiger partial charge in [-0.3, -0.25) is 0 Å². The second kappa shape index (κ2) is 6.41. The predicted octanol–water partition coefficient (Wildman–Crippen LogP) is -0.789. The fraction of sp³-hybridized carbons (Fsp3) is 0.571. The summed E-state index contributed by atoms with van der Waals surface area (Å²) in [6, 6.07) is 9.09. The van der Waals surface area contributed by atoms with Crippen molar-refractivity contribution in [3.63, 3.8) is 0 Å². The van der Waals surface area contributed by atoms with Gasteiger partial charge in [-0.05, 0) is 12.1 Å². The van der Waals surface area contributed by atoms with E-state index >= 15 is 0 Å². The Morgan fingerprint density at radius 1 is 1.00 bits per heavy atom. The molecule has 2 atom stereocenters. The third-order valence-electron chi connectivity index (χ3n) is 4.11. The summed E-state index contributed by atoms with van der Waals surface area (Å²) in [5.74, 6) is 0. The number of hydrogen-bond acceptors (Lipinski definition) is 5. The van der Waals surface area contributed by atoms with E-state index in [1.165, 1.54) is 0 Å². The summed E-state index contributed by atoms with van der Waals surface area (Å²) >= 11 is 0. The van der Waals surface area contributed by atoms with Crippen molar-refractivity contribution in [2.24, 2.45) is 0 Å². The van der Waals surface area contributed by atoms with Crippen LogP contribution in [0.2, 0.25) is 0 Å². The zero-order valence-electron chi connectivity index (χ0n) is 12.0. The van der Waals surface area contributed by atoms with Crippen LogP contribution in [0.3, 0.4) is 0 Å². The van der Waals surface area contributed by atoms with Gasteiger partial charge in [0, 0.05) is 51.4 Å². The van der Waals surface area contributed by atoms with Crippen LogP contribution in [0.5, 0.6) is 0 Å². The molecule has 116 valence electrons. The second-order valence-corrected chi connectivity index (χ2v) is 7.44. The van der Waals surface area contributed by atoms with Crippen LogP contribution < -0.4 is 16.0 Å². The first-order valence-corrected chi connectivity index (χ1v) is 8.84. The molecule has 2 saturated heterocycles. The molecule has 0 amide bonds. The Morgan fingerprint density at radius 2 is 1.76 bits per heavy atom. The lowest BCUT2D eigenvalue weighted by Crippen LogP contribution is -2.64.